The van der Waals surface area contributed by atoms with E-state index in [2.05, 4.69) is 24.8 Å². The molecule has 1 aromatic rings. The van der Waals surface area contributed by atoms with Gasteiger partial charge in [0.1, 0.15) is 0 Å². The second-order valence-corrected chi connectivity index (χ2v) is 3.56. The summed E-state index contributed by atoms with van der Waals surface area (Å²) in [5.74, 6) is 5.91. The number of aliphatic hydroxyl groups excluding tert-OH is 1. The summed E-state index contributed by atoms with van der Waals surface area (Å²) >= 11 is 1.73. The van der Waals surface area contributed by atoms with Gasteiger partial charge in [-0.2, -0.15) is 0 Å². The Morgan fingerprint density at radius 3 is 2.92 bits per heavy atom. The molecule has 0 unspecified atom stereocenters. The van der Waals surface area contributed by atoms with E-state index in [0.717, 1.165) is 11.3 Å². The van der Waals surface area contributed by atoms with Crippen molar-refractivity contribution in [2.24, 2.45) is 0 Å². The van der Waals surface area contributed by atoms with Crippen LogP contribution in [0.15, 0.2) is 12.1 Å². The third kappa shape index (κ3) is 2.69. The van der Waals surface area contributed by atoms with Gasteiger partial charge in [-0.3, -0.25) is 0 Å². The fraction of sp³-hybridized carbons (Fsp3) is 0.400. The van der Waals surface area contributed by atoms with E-state index < -0.39 is 0 Å². The lowest BCUT2D eigenvalue weighted by Gasteiger charge is -1.81. The zero-order valence-electron chi connectivity index (χ0n) is 7.13. The van der Waals surface area contributed by atoms with Crippen LogP contribution in [-0.2, 0) is 6.42 Å². The lowest BCUT2D eigenvalue weighted by atomic mass is 10.3. The number of rotatable bonds is 2. The number of hydrogen-bond donors (Lipinski definition) is 1. The summed E-state index contributed by atoms with van der Waals surface area (Å²) in [4.78, 5) is 2.46. The number of thiophene rings is 1. The zero-order valence-corrected chi connectivity index (χ0v) is 7.95. The van der Waals surface area contributed by atoms with Crippen molar-refractivity contribution in [2.75, 3.05) is 6.61 Å². The molecule has 0 fully saturated rings. The second kappa shape index (κ2) is 4.97. The maximum atomic E-state index is 8.50. The molecule has 1 heterocycles. The molecule has 12 heavy (non-hydrogen) atoms. The molecule has 0 aromatic carbocycles. The van der Waals surface area contributed by atoms with Crippen LogP contribution < -0.4 is 0 Å². The van der Waals surface area contributed by atoms with E-state index >= 15 is 0 Å². The minimum absolute atomic E-state index is 0.152. The topological polar surface area (TPSA) is 20.2 Å². The summed E-state index contributed by atoms with van der Waals surface area (Å²) in [6.07, 6.45) is 1.64. The van der Waals surface area contributed by atoms with Gasteiger partial charge >= 0.3 is 0 Å². The maximum absolute atomic E-state index is 8.50. The lowest BCUT2D eigenvalue weighted by molar-refractivity contribution is 0.305. The first-order valence-corrected chi connectivity index (χ1v) is 4.87. The highest BCUT2D eigenvalue weighted by molar-refractivity contribution is 7.12. The summed E-state index contributed by atoms with van der Waals surface area (Å²) in [6.45, 7) is 2.29. The standard InChI is InChI=1S/C10H12OS/c1-2-9-6-7-10(12-9)5-3-4-8-11/h6-7,11H,2,4,8H2,1H3. The molecule has 1 rings (SSSR count). The van der Waals surface area contributed by atoms with Crippen molar-refractivity contribution in [1.29, 1.82) is 0 Å². The molecule has 0 amide bonds. The monoisotopic (exact) mass is 180 g/mol. The van der Waals surface area contributed by atoms with Crippen molar-refractivity contribution in [2.45, 2.75) is 19.8 Å². The van der Waals surface area contributed by atoms with Crippen molar-refractivity contribution >= 4 is 11.3 Å². The first kappa shape index (κ1) is 9.31. The number of hydrogen-bond acceptors (Lipinski definition) is 2. The predicted octanol–water partition coefficient (Wildman–Crippen LogP) is 2.04. The van der Waals surface area contributed by atoms with Gasteiger partial charge < -0.3 is 5.11 Å². The third-order valence-corrected chi connectivity index (χ3v) is 2.60. The van der Waals surface area contributed by atoms with Crippen molar-refractivity contribution in [3.8, 4) is 11.8 Å². The Bertz CT molecular complexity index is 290. The van der Waals surface area contributed by atoms with Gasteiger partial charge in [0.25, 0.3) is 0 Å². The van der Waals surface area contributed by atoms with E-state index in [1.807, 2.05) is 6.07 Å². The molecule has 0 radical (unpaired) electrons. The highest BCUT2D eigenvalue weighted by Gasteiger charge is 1.92. The van der Waals surface area contributed by atoms with Crippen LogP contribution in [0.3, 0.4) is 0 Å². The van der Waals surface area contributed by atoms with Gasteiger partial charge in [0.05, 0.1) is 11.5 Å². The molecular formula is C10H12OS. The summed E-state index contributed by atoms with van der Waals surface area (Å²) in [5, 5.41) is 8.50. The first-order chi connectivity index (χ1) is 5.86. The van der Waals surface area contributed by atoms with Crippen molar-refractivity contribution in [1.82, 2.24) is 0 Å². The van der Waals surface area contributed by atoms with Crippen LogP contribution in [0.25, 0.3) is 0 Å². The molecule has 0 aliphatic rings. The summed E-state index contributed by atoms with van der Waals surface area (Å²) in [5.41, 5.74) is 0. The Morgan fingerprint density at radius 2 is 2.33 bits per heavy atom. The van der Waals surface area contributed by atoms with E-state index in [1.54, 1.807) is 11.3 Å². The first-order valence-electron chi connectivity index (χ1n) is 4.05. The molecule has 0 atom stereocenters. The molecule has 2 heteroatoms. The van der Waals surface area contributed by atoms with Gasteiger partial charge in [0, 0.05) is 11.3 Å². The van der Waals surface area contributed by atoms with Gasteiger partial charge in [-0.25, -0.2) is 0 Å². The molecular weight excluding hydrogens is 168 g/mol. The van der Waals surface area contributed by atoms with Crippen molar-refractivity contribution < 1.29 is 5.11 Å². The smallest absolute Gasteiger partial charge is 0.0771 e. The SMILES string of the molecule is CCc1ccc(C#CCCO)s1. The van der Waals surface area contributed by atoms with E-state index in [0.29, 0.717) is 6.42 Å². The Morgan fingerprint density at radius 1 is 1.50 bits per heavy atom. The number of aryl methyl sites for hydroxylation is 1. The second-order valence-electron chi connectivity index (χ2n) is 2.39. The average Bonchev–Trinajstić information content (AvgIpc) is 2.53. The van der Waals surface area contributed by atoms with Crippen LogP contribution in [-0.4, -0.2) is 11.7 Å². The minimum Gasteiger partial charge on any atom is -0.395 e. The summed E-state index contributed by atoms with van der Waals surface area (Å²) in [6, 6.07) is 4.14. The molecule has 0 spiro atoms. The van der Waals surface area contributed by atoms with Crippen LogP contribution >= 0.6 is 11.3 Å². The normalized spacial score (nSPS) is 9.17. The van der Waals surface area contributed by atoms with Gasteiger partial charge in [-0.15, -0.1) is 11.3 Å². The van der Waals surface area contributed by atoms with Gasteiger partial charge in [-0.05, 0) is 18.6 Å². The van der Waals surface area contributed by atoms with Gasteiger partial charge in [0.2, 0.25) is 0 Å². The summed E-state index contributed by atoms with van der Waals surface area (Å²) < 4.78 is 0. The van der Waals surface area contributed by atoms with E-state index in [-0.39, 0.29) is 6.61 Å². The zero-order chi connectivity index (χ0) is 8.81. The molecule has 0 saturated carbocycles. The Hall–Kier alpha value is -0.780. The quantitative estimate of drug-likeness (QED) is 0.691. The fourth-order valence-electron chi connectivity index (χ4n) is 0.841. The molecule has 64 valence electrons. The maximum Gasteiger partial charge on any atom is 0.0771 e. The fourth-order valence-corrected chi connectivity index (χ4v) is 1.66. The van der Waals surface area contributed by atoms with E-state index in [1.165, 1.54) is 4.88 Å². The molecule has 0 aliphatic heterocycles. The summed E-state index contributed by atoms with van der Waals surface area (Å²) in [7, 11) is 0. The minimum atomic E-state index is 0.152. The molecule has 0 aliphatic carbocycles. The van der Waals surface area contributed by atoms with Crippen molar-refractivity contribution in [3.05, 3.63) is 21.9 Å². The third-order valence-electron chi connectivity index (χ3n) is 1.46. The largest absolute Gasteiger partial charge is 0.395 e. The van der Waals surface area contributed by atoms with Crippen LogP contribution in [0.1, 0.15) is 23.1 Å². The molecule has 0 saturated heterocycles. The van der Waals surface area contributed by atoms with E-state index in [4.69, 9.17) is 5.11 Å². The van der Waals surface area contributed by atoms with Crippen LogP contribution in [0.2, 0.25) is 0 Å². The van der Waals surface area contributed by atoms with Crippen LogP contribution in [0.4, 0.5) is 0 Å². The van der Waals surface area contributed by atoms with E-state index in [9.17, 15) is 0 Å². The highest BCUT2D eigenvalue weighted by Crippen LogP contribution is 2.15. The molecule has 1 aromatic heterocycles. The molecule has 1 N–H and O–H groups in total. The van der Waals surface area contributed by atoms with Gasteiger partial charge in [-0.1, -0.05) is 18.8 Å². The van der Waals surface area contributed by atoms with Crippen LogP contribution in [0, 0.1) is 11.8 Å². The highest BCUT2D eigenvalue weighted by atomic mass is 32.1. The Kier molecular flexibility index (Phi) is 3.86. The Labute approximate surface area is 77.1 Å². The molecule has 1 nitrogen and oxygen atoms in total. The number of aliphatic hydroxyl groups is 1. The van der Waals surface area contributed by atoms with Crippen LogP contribution in [0.5, 0.6) is 0 Å². The molecule has 0 bridgehead atoms. The van der Waals surface area contributed by atoms with Crippen molar-refractivity contribution in [3.63, 3.8) is 0 Å². The van der Waals surface area contributed by atoms with Gasteiger partial charge in [0.15, 0.2) is 0 Å². The average molecular weight is 180 g/mol. The lowest BCUT2D eigenvalue weighted by Crippen LogP contribution is -1.75. The predicted molar refractivity (Wildman–Crippen MR) is 52.3 cm³/mol. The Balaban J connectivity index is 2.59.